The Hall–Kier alpha value is -3.02. The molecule has 1 aliphatic rings. The topological polar surface area (TPSA) is 94.4 Å². The van der Waals surface area contributed by atoms with Gasteiger partial charge in [0.15, 0.2) is 0 Å². The van der Waals surface area contributed by atoms with Crippen molar-refractivity contribution >= 4 is 5.91 Å². The van der Waals surface area contributed by atoms with Crippen LogP contribution in [0.4, 0.5) is 8.78 Å². The van der Waals surface area contributed by atoms with Crippen LogP contribution in [0.15, 0.2) is 36.4 Å². The largest absolute Gasteiger partial charge is 0.493 e. The number of halogens is 2. The van der Waals surface area contributed by atoms with Crippen LogP contribution < -0.4 is 15.4 Å². The van der Waals surface area contributed by atoms with E-state index < -0.39 is 23.8 Å². The van der Waals surface area contributed by atoms with Crippen LogP contribution in [-0.4, -0.2) is 36.3 Å². The Morgan fingerprint density at radius 3 is 2.70 bits per heavy atom. The van der Waals surface area contributed by atoms with Crippen LogP contribution in [0.5, 0.6) is 5.75 Å². The minimum absolute atomic E-state index is 0.0695. The number of carbonyl (C=O) groups is 1. The lowest BCUT2D eigenvalue weighted by Crippen LogP contribution is -2.48. The zero-order valence-electron chi connectivity index (χ0n) is 16.5. The van der Waals surface area contributed by atoms with Crippen molar-refractivity contribution in [1.82, 2.24) is 10.6 Å². The van der Waals surface area contributed by atoms with Gasteiger partial charge in [-0.05, 0) is 42.3 Å². The smallest absolute Gasteiger partial charge is 0.217 e. The Morgan fingerprint density at radius 2 is 2.03 bits per heavy atom. The lowest BCUT2D eigenvalue weighted by molar-refractivity contribution is -0.120. The van der Waals surface area contributed by atoms with E-state index >= 15 is 0 Å². The molecule has 0 aromatic heterocycles. The molecule has 0 bridgehead atoms. The van der Waals surface area contributed by atoms with Gasteiger partial charge in [0.2, 0.25) is 5.91 Å². The first-order valence-electron chi connectivity index (χ1n) is 9.66. The lowest BCUT2D eigenvalue weighted by atomic mass is 9.97. The van der Waals surface area contributed by atoms with Crippen molar-refractivity contribution < 1.29 is 23.4 Å². The molecule has 3 N–H and O–H groups in total. The highest BCUT2D eigenvalue weighted by Gasteiger charge is 2.26. The molecule has 0 saturated heterocycles. The van der Waals surface area contributed by atoms with E-state index in [1.54, 1.807) is 18.2 Å². The first kappa shape index (κ1) is 21.7. The fraction of sp³-hybridized carbons (Fsp3) is 0.364. The second kappa shape index (κ2) is 9.65. The molecule has 0 aliphatic carbocycles. The quantitative estimate of drug-likeness (QED) is 0.646. The van der Waals surface area contributed by atoms with Crippen LogP contribution in [0.1, 0.15) is 36.1 Å². The van der Waals surface area contributed by atoms with Crippen LogP contribution in [0.2, 0.25) is 0 Å². The minimum Gasteiger partial charge on any atom is -0.493 e. The third-order valence-corrected chi connectivity index (χ3v) is 4.98. The zero-order chi connectivity index (χ0) is 21.7. The van der Waals surface area contributed by atoms with Gasteiger partial charge in [0.05, 0.1) is 30.4 Å². The van der Waals surface area contributed by atoms with Gasteiger partial charge < -0.3 is 20.5 Å². The highest BCUT2D eigenvalue weighted by Crippen LogP contribution is 2.32. The Bertz CT molecular complexity index is 941. The molecule has 3 rings (SSSR count). The van der Waals surface area contributed by atoms with E-state index in [9.17, 15) is 18.7 Å². The molecular formula is C22H23F2N3O3. The van der Waals surface area contributed by atoms with Gasteiger partial charge >= 0.3 is 0 Å². The summed E-state index contributed by atoms with van der Waals surface area (Å²) in [7, 11) is 0. The van der Waals surface area contributed by atoms with Gasteiger partial charge in [-0.25, -0.2) is 8.78 Å². The van der Waals surface area contributed by atoms with Crippen molar-refractivity contribution in [1.29, 1.82) is 5.26 Å². The summed E-state index contributed by atoms with van der Waals surface area (Å²) in [4.78, 5) is 11.6. The molecule has 2 aromatic rings. The molecule has 3 atom stereocenters. The molecular weight excluding hydrogens is 392 g/mol. The molecule has 8 heteroatoms. The second-order valence-electron chi connectivity index (χ2n) is 7.32. The predicted octanol–water partition coefficient (Wildman–Crippen LogP) is 2.36. The van der Waals surface area contributed by atoms with E-state index in [2.05, 4.69) is 16.7 Å². The Morgan fingerprint density at radius 1 is 1.30 bits per heavy atom. The molecule has 30 heavy (non-hydrogen) atoms. The SMILES string of the molecule is CC(=O)N[C@@H](Cc1cc(F)cc(F)c1)[C@@H](O)CN[C@H]1CCOc2ccc(C#N)cc21. The number of aliphatic hydroxyl groups excluding tert-OH is 1. The summed E-state index contributed by atoms with van der Waals surface area (Å²) >= 11 is 0. The van der Waals surface area contributed by atoms with Gasteiger partial charge in [-0.3, -0.25) is 4.79 Å². The van der Waals surface area contributed by atoms with Crippen LogP contribution >= 0.6 is 0 Å². The molecule has 1 amide bonds. The van der Waals surface area contributed by atoms with E-state index in [1.807, 2.05) is 0 Å². The van der Waals surface area contributed by atoms with Crippen LogP contribution in [0, 0.1) is 23.0 Å². The number of amides is 1. The maximum absolute atomic E-state index is 13.5. The third kappa shape index (κ3) is 5.53. The molecule has 2 aromatic carbocycles. The molecule has 0 unspecified atom stereocenters. The highest BCUT2D eigenvalue weighted by molar-refractivity contribution is 5.73. The number of benzene rings is 2. The molecule has 1 heterocycles. The van der Waals surface area contributed by atoms with Crippen LogP contribution in [-0.2, 0) is 11.2 Å². The summed E-state index contributed by atoms with van der Waals surface area (Å²) in [5.74, 6) is -1.11. The van der Waals surface area contributed by atoms with E-state index in [1.165, 1.54) is 19.1 Å². The average Bonchev–Trinajstić information content (AvgIpc) is 2.70. The van der Waals surface area contributed by atoms with E-state index in [0.717, 1.165) is 11.6 Å². The molecule has 0 fully saturated rings. The second-order valence-corrected chi connectivity index (χ2v) is 7.32. The first-order chi connectivity index (χ1) is 14.4. The number of hydrogen-bond acceptors (Lipinski definition) is 5. The number of ether oxygens (including phenoxy) is 1. The predicted molar refractivity (Wildman–Crippen MR) is 106 cm³/mol. The number of fused-ring (bicyclic) bond motifs is 1. The molecule has 6 nitrogen and oxygen atoms in total. The van der Waals surface area contributed by atoms with E-state index in [0.29, 0.717) is 29.9 Å². The van der Waals surface area contributed by atoms with Crippen molar-refractivity contribution in [2.75, 3.05) is 13.2 Å². The van der Waals surface area contributed by atoms with Crippen molar-refractivity contribution in [3.05, 3.63) is 64.7 Å². The Labute approximate surface area is 173 Å². The molecule has 0 spiro atoms. The number of rotatable bonds is 7. The number of nitrogens with one attached hydrogen (secondary N) is 2. The van der Waals surface area contributed by atoms with Gasteiger partial charge in [0.1, 0.15) is 17.4 Å². The minimum atomic E-state index is -1.01. The Balaban J connectivity index is 1.70. The zero-order valence-corrected chi connectivity index (χ0v) is 16.5. The standard InChI is InChI=1S/C22H23F2N3O3/c1-13(28)27-20(9-15-6-16(23)10-17(24)7-15)21(29)12-26-19-4-5-30-22-3-2-14(11-25)8-18(19)22/h2-3,6-8,10,19-21,26,29H,4-5,9,12H2,1H3,(H,27,28)/t19-,20-,21-/m0/s1. The van der Waals surface area contributed by atoms with Crippen molar-refractivity contribution in [2.45, 2.75) is 38.0 Å². The molecule has 0 saturated carbocycles. The summed E-state index contributed by atoms with van der Waals surface area (Å²) < 4.78 is 32.6. The normalized spacial score (nSPS) is 17.2. The number of aliphatic hydroxyl groups is 1. The molecule has 158 valence electrons. The number of nitrogens with zero attached hydrogens (tertiary/aromatic N) is 1. The van der Waals surface area contributed by atoms with Crippen LogP contribution in [0.25, 0.3) is 0 Å². The highest BCUT2D eigenvalue weighted by atomic mass is 19.1. The summed E-state index contributed by atoms with van der Waals surface area (Å²) in [5.41, 5.74) is 1.67. The van der Waals surface area contributed by atoms with Crippen molar-refractivity contribution in [3.8, 4) is 11.8 Å². The molecule has 0 radical (unpaired) electrons. The van der Waals surface area contributed by atoms with E-state index in [4.69, 9.17) is 10.00 Å². The van der Waals surface area contributed by atoms with Crippen LogP contribution in [0.3, 0.4) is 0 Å². The van der Waals surface area contributed by atoms with Crippen molar-refractivity contribution in [3.63, 3.8) is 0 Å². The van der Waals surface area contributed by atoms with Gasteiger partial charge in [0, 0.05) is 37.6 Å². The lowest BCUT2D eigenvalue weighted by Gasteiger charge is -2.30. The number of nitriles is 1. The maximum Gasteiger partial charge on any atom is 0.217 e. The maximum atomic E-state index is 13.5. The van der Waals surface area contributed by atoms with Crippen molar-refractivity contribution in [2.24, 2.45) is 0 Å². The summed E-state index contributed by atoms with van der Waals surface area (Å²) in [5, 5.41) is 25.7. The van der Waals surface area contributed by atoms with Gasteiger partial charge in [-0.15, -0.1) is 0 Å². The van der Waals surface area contributed by atoms with Gasteiger partial charge in [-0.2, -0.15) is 5.26 Å². The molecule has 1 aliphatic heterocycles. The number of carbonyl (C=O) groups excluding carboxylic acids is 1. The fourth-order valence-corrected chi connectivity index (χ4v) is 3.61. The van der Waals surface area contributed by atoms with Gasteiger partial charge in [0.25, 0.3) is 0 Å². The van der Waals surface area contributed by atoms with E-state index in [-0.39, 0.29) is 24.9 Å². The average molecular weight is 415 g/mol. The summed E-state index contributed by atoms with van der Waals surface area (Å²) in [6.45, 7) is 1.94. The summed E-state index contributed by atoms with van der Waals surface area (Å²) in [6, 6.07) is 9.53. The summed E-state index contributed by atoms with van der Waals surface area (Å²) in [6.07, 6.45) is -0.292. The van der Waals surface area contributed by atoms with Gasteiger partial charge in [-0.1, -0.05) is 0 Å². The number of hydrogen-bond donors (Lipinski definition) is 3. The Kier molecular flexibility index (Phi) is 6.98. The first-order valence-corrected chi connectivity index (χ1v) is 9.66. The fourth-order valence-electron chi connectivity index (χ4n) is 3.61. The monoisotopic (exact) mass is 415 g/mol. The third-order valence-electron chi connectivity index (χ3n) is 4.98.